The van der Waals surface area contributed by atoms with Crippen molar-refractivity contribution in [1.29, 1.82) is 0 Å². The number of hydrogen-bond donors (Lipinski definition) is 2. The highest BCUT2D eigenvalue weighted by Crippen LogP contribution is 2.56. The van der Waals surface area contributed by atoms with Gasteiger partial charge in [-0.15, -0.1) is 0 Å². The fraction of sp³-hybridized carbons (Fsp3) is 0.348. The van der Waals surface area contributed by atoms with E-state index in [2.05, 4.69) is 28.5 Å². The van der Waals surface area contributed by atoms with Gasteiger partial charge in [0.1, 0.15) is 17.8 Å². The third-order valence-corrected chi connectivity index (χ3v) is 7.30. The van der Waals surface area contributed by atoms with Gasteiger partial charge in [-0.25, -0.2) is 5.43 Å². The van der Waals surface area contributed by atoms with Crippen molar-refractivity contribution in [3.63, 3.8) is 0 Å². The van der Waals surface area contributed by atoms with Gasteiger partial charge < -0.3 is 10.2 Å². The van der Waals surface area contributed by atoms with Crippen LogP contribution < -0.4 is 10.7 Å². The summed E-state index contributed by atoms with van der Waals surface area (Å²) in [7, 11) is 0. The molecule has 3 heterocycles. The number of allylic oxidation sites excluding steroid dienone is 4. The third-order valence-electron chi connectivity index (χ3n) is 6.79. The van der Waals surface area contributed by atoms with E-state index >= 15 is 0 Å². The molecule has 1 aliphatic carbocycles. The molecule has 6 nitrogen and oxygen atoms in total. The maximum atomic E-state index is 13.9. The van der Waals surface area contributed by atoms with Gasteiger partial charge in [-0.3, -0.25) is 9.59 Å². The molecular weight excluding hydrogens is 435 g/mol. The Hall–Kier alpha value is -2.57. The van der Waals surface area contributed by atoms with E-state index in [4.69, 9.17) is 23.2 Å². The van der Waals surface area contributed by atoms with Crippen LogP contribution in [-0.4, -0.2) is 35.1 Å². The zero-order valence-corrected chi connectivity index (χ0v) is 18.5. The molecule has 1 aromatic carbocycles. The van der Waals surface area contributed by atoms with Gasteiger partial charge in [-0.05, 0) is 49.0 Å². The molecule has 4 atom stereocenters. The summed E-state index contributed by atoms with van der Waals surface area (Å²) in [5, 5.41) is 8.73. The number of carbonyl (C=O) groups excluding carboxylic acids is 2. The van der Waals surface area contributed by atoms with E-state index in [1.54, 1.807) is 6.07 Å². The summed E-state index contributed by atoms with van der Waals surface area (Å²) < 4.78 is 0. The predicted molar refractivity (Wildman–Crippen MR) is 122 cm³/mol. The smallest absolute Gasteiger partial charge is 0.259 e. The van der Waals surface area contributed by atoms with Crippen LogP contribution in [0.25, 0.3) is 0 Å². The molecule has 4 aliphatic rings. The van der Waals surface area contributed by atoms with E-state index in [0.717, 1.165) is 22.0 Å². The number of hydrazone groups is 1. The number of hydrogen-bond acceptors (Lipinski definition) is 4. The second-order valence-electron chi connectivity index (χ2n) is 8.63. The number of rotatable bonds is 2. The Labute approximate surface area is 190 Å². The van der Waals surface area contributed by atoms with E-state index in [0.29, 0.717) is 23.6 Å². The summed E-state index contributed by atoms with van der Waals surface area (Å²) >= 11 is 12.7. The van der Waals surface area contributed by atoms with Crippen molar-refractivity contribution in [3.8, 4) is 0 Å². The van der Waals surface area contributed by atoms with Crippen LogP contribution >= 0.6 is 23.2 Å². The Balaban J connectivity index is 1.76. The molecule has 0 aromatic heterocycles. The molecule has 31 heavy (non-hydrogen) atoms. The molecule has 1 spiro atoms. The van der Waals surface area contributed by atoms with Gasteiger partial charge in [0.25, 0.3) is 5.91 Å². The second kappa shape index (κ2) is 7.24. The SMILES string of the molecule is C=C(C)[C@H]1N2CC(=O)NN=C2C[C@@H](C2C=CC=C(Cl)C2)[C@]12C(=O)Nc1cc(Cl)ccc12. The summed E-state index contributed by atoms with van der Waals surface area (Å²) in [6.45, 7) is 6.28. The van der Waals surface area contributed by atoms with E-state index in [-0.39, 0.29) is 30.2 Å². The number of amides is 2. The van der Waals surface area contributed by atoms with Crippen LogP contribution in [0.4, 0.5) is 5.69 Å². The number of anilines is 1. The van der Waals surface area contributed by atoms with Crippen molar-refractivity contribution in [2.45, 2.75) is 31.2 Å². The van der Waals surface area contributed by atoms with Gasteiger partial charge in [0.15, 0.2) is 0 Å². The highest BCUT2D eigenvalue weighted by Gasteiger charge is 2.64. The monoisotopic (exact) mass is 456 g/mol. The number of fused-ring (bicyclic) bond motifs is 3. The van der Waals surface area contributed by atoms with Gasteiger partial charge >= 0.3 is 0 Å². The number of amidine groups is 1. The summed E-state index contributed by atoms with van der Waals surface area (Å²) in [5.74, 6) is 0.334. The molecule has 1 unspecified atom stereocenters. The lowest BCUT2D eigenvalue weighted by Crippen LogP contribution is -2.68. The van der Waals surface area contributed by atoms with Gasteiger partial charge in [0, 0.05) is 22.2 Å². The fourth-order valence-electron chi connectivity index (χ4n) is 5.73. The zero-order chi connectivity index (χ0) is 21.9. The van der Waals surface area contributed by atoms with Gasteiger partial charge in [0.05, 0.1) is 6.04 Å². The van der Waals surface area contributed by atoms with Crippen molar-refractivity contribution in [2.75, 3.05) is 11.9 Å². The van der Waals surface area contributed by atoms with Crippen LogP contribution in [-0.2, 0) is 15.0 Å². The maximum absolute atomic E-state index is 13.9. The molecule has 3 aliphatic heterocycles. The normalized spacial score (nSPS) is 31.5. The minimum absolute atomic E-state index is 0.0224. The van der Waals surface area contributed by atoms with Crippen molar-refractivity contribution >= 4 is 46.5 Å². The molecule has 8 heteroatoms. The lowest BCUT2D eigenvalue weighted by atomic mass is 9.56. The van der Waals surface area contributed by atoms with Crippen LogP contribution in [0.15, 0.2) is 58.7 Å². The third kappa shape index (κ3) is 2.96. The van der Waals surface area contributed by atoms with E-state index in [1.165, 1.54) is 0 Å². The Bertz CT molecular complexity index is 1110. The van der Waals surface area contributed by atoms with Crippen LogP contribution in [0, 0.1) is 11.8 Å². The number of piperidine rings is 1. The van der Waals surface area contributed by atoms with Crippen molar-refractivity contribution < 1.29 is 9.59 Å². The zero-order valence-electron chi connectivity index (χ0n) is 17.0. The molecule has 2 amide bonds. The van der Waals surface area contributed by atoms with E-state index < -0.39 is 11.5 Å². The largest absolute Gasteiger partial charge is 0.341 e. The first-order valence-electron chi connectivity index (χ1n) is 10.2. The molecule has 0 saturated carbocycles. The first-order chi connectivity index (χ1) is 14.8. The molecule has 1 fully saturated rings. The number of halogens is 2. The summed E-state index contributed by atoms with van der Waals surface area (Å²) in [6, 6.07) is 5.09. The molecule has 5 rings (SSSR count). The average Bonchev–Trinajstić information content (AvgIpc) is 2.98. The number of benzene rings is 1. The summed E-state index contributed by atoms with van der Waals surface area (Å²) in [4.78, 5) is 28.1. The first-order valence-corrected chi connectivity index (χ1v) is 11.0. The minimum Gasteiger partial charge on any atom is -0.341 e. The number of nitrogens with zero attached hydrogens (tertiary/aromatic N) is 2. The van der Waals surface area contributed by atoms with Crippen LogP contribution in [0.3, 0.4) is 0 Å². The highest BCUT2D eigenvalue weighted by atomic mass is 35.5. The molecule has 1 saturated heterocycles. The highest BCUT2D eigenvalue weighted by molar-refractivity contribution is 6.31. The Morgan fingerprint density at radius 3 is 2.84 bits per heavy atom. The lowest BCUT2D eigenvalue weighted by molar-refractivity contribution is -0.129. The van der Waals surface area contributed by atoms with Crippen LogP contribution in [0.5, 0.6) is 0 Å². The summed E-state index contributed by atoms with van der Waals surface area (Å²) in [5.41, 5.74) is 4.02. The van der Waals surface area contributed by atoms with Gasteiger partial charge in [-0.1, -0.05) is 53.6 Å². The summed E-state index contributed by atoms with van der Waals surface area (Å²) in [6.07, 6.45) is 7.12. The fourth-order valence-corrected chi connectivity index (χ4v) is 6.16. The topological polar surface area (TPSA) is 73.8 Å². The molecule has 0 radical (unpaired) electrons. The maximum Gasteiger partial charge on any atom is 0.259 e. The molecule has 2 N–H and O–H groups in total. The van der Waals surface area contributed by atoms with Crippen LogP contribution in [0.2, 0.25) is 5.02 Å². The Kier molecular flexibility index (Phi) is 4.75. The second-order valence-corrected chi connectivity index (χ2v) is 9.55. The predicted octanol–water partition coefficient (Wildman–Crippen LogP) is 3.94. The number of nitrogens with one attached hydrogen (secondary N) is 2. The van der Waals surface area contributed by atoms with Gasteiger partial charge in [0.2, 0.25) is 5.91 Å². The Morgan fingerprint density at radius 2 is 2.10 bits per heavy atom. The van der Waals surface area contributed by atoms with Crippen LogP contribution in [0.1, 0.15) is 25.3 Å². The standard InChI is InChI=1S/C23H22Cl2N4O2/c1-12(2)21-23(16-7-6-15(25)9-18(16)26-22(23)31)17(13-4-3-5-14(24)8-13)10-19-27-28-20(30)11-29(19)21/h3-7,9,13,17,21H,1,8,10-11H2,2H3,(H,26,31)(H,28,30)/t13?,17-,21+,23-/m0/s1. The van der Waals surface area contributed by atoms with Crippen molar-refractivity contribution in [2.24, 2.45) is 16.9 Å². The molecule has 1 aromatic rings. The quantitative estimate of drug-likeness (QED) is 0.661. The Morgan fingerprint density at radius 1 is 1.29 bits per heavy atom. The van der Waals surface area contributed by atoms with E-state index in [9.17, 15) is 9.59 Å². The van der Waals surface area contributed by atoms with Gasteiger partial charge in [-0.2, -0.15) is 5.10 Å². The van der Waals surface area contributed by atoms with E-state index in [1.807, 2.05) is 36.1 Å². The van der Waals surface area contributed by atoms with Crippen molar-refractivity contribution in [3.05, 3.63) is 64.2 Å². The number of carbonyl (C=O) groups is 2. The average molecular weight is 457 g/mol. The lowest BCUT2D eigenvalue weighted by Gasteiger charge is -2.55. The molecule has 160 valence electrons. The first kappa shape index (κ1) is 20.3. The van der Waals surface area contributed by atoms with Crippen molar-refractivity contribution in [1.82, 2.24) is 10.3 Å². The molecule has 0 bridgehead atoms. The molecular formula is C23H22Cl2N4O2. The minimum atomic E-state index is -0.952.